The number of hydrogen-bond donors (Lipinski definition) is 1. The Balaban J connectivity index is 1.98. The van der Waals surface area contributed by atoms with Crippen LogP contribution in [-0.2, 0) is 0 Å². The molecule has 1 atom stereocenters. The van der Waals surface area contributed by atoms with Crippen molar-refractivity contribution >= 4 is 11.3 Å². The molecule has 1 unspecified atom stereocenters. The van der Waals surface area contributed by atoms with E-state index in [0.29, 0.717) is 6.04 Å². The van der Waals surface area contributed by atoms with E-state index in [1.54, 1.807) is 0 Å². The van der Waals surface area contributed by atoms with Gasteiger partial charge in [0, 0.05) is 41.6 Å². The largest absolute Gasteiger partial charge is 0.314 e. The molecule has 0 saturated carbocycles. The zero-order chi connectivity index (χ0) is 13.9. The Labute approximate surface area is 124 Å². The zero-order valence-corrected chi connectivity index (χ0v) is 12.9. The molecular weight excluding hydrogens is 266 g/mol. The fourth-order valence-electron chi connectivity index (χ4n) is 2.77. The third-order valence-corrected chi connectivity index (χ3v) is 4.79. The molecular formula is C16H21N3S. The molecule has 0 spiro atoms. The first-order valence-electron chi connectivity index (χ1n) is 7.19. The van der Waals surface area contributed by atoms with E-state index in [-0.39, 0.29) is 0 Å². The maximum atomic E-state index is 4.78. The molecule has 0 aliphatic carbocycles. The van der Waals surface area contributed by atoms with Gasteiger partial charge in [-0.05, 0) is 38.1 Å². The Kier molecular flexibility index (Phi) is 4.15. The molecule has 3 rings (SSSR count). The average Bonchev–Trinajstić information content (AvgIpc) is 2.87. The molecule has 0 aromatic carbocycles. The van der Waals surface area contributed by atoms with Gasteiger partial charge < -0.3 is 5.32 Å². The number of rotatable bonds is 3. The van der Waals surface area contributed by atoms with E-state index in [1.165, 1.54) is 15.4 Å². The first kappa shape index (κ1) is 13.7. The van der Waals surface area contributed by atoms with Crippen LogP contribution in [0.15, 0.2) is 30.3 Å². The van der Waals surface area contributed by atoms with Crippen molar-refractivity contribution in [2.24, 2.45) is 0 Å². The summed E-state index contributed by atoms with van der Waals surface area (Å²) in [5, 5.41) is 3.43. The third-order valence-electron chi connectivity index (χ3n) is 3.74. The van der Waals surface area contributed by atoms with E-state index in [0.717, 1.165) is 31.9 Å². The Bertz CT molecular complexity index is 573. The lowest BCUT2D eigenvalue weighted by Gasteiger charge is -2.34. The maximum Gasteiger partial charge on any atom is 0.0871 e. The van der Waals surface area contributed by atoms with E-state index in [2.05, 4.69) is 54.4 Å². The molecule has 1 aliphatic heterocycles. The van der Waals surface area contributed by atoms with Crippen LogP contribution in [-0.4, -0.2) is 36.1 Å². The van der Waals surface area contributed by atoms with Crippen LogP contribution >= 0.6 is 11.3 Å². The van der Waals surface area contributed by atoms with Crippen LogP contribution in [0.4, 0.5) is 0 Å². The molecule has 4 heteroatoms. The van der Waals surface area contributed by atoms with Crippen molar-refractivity contribution in [3.05, 3.63) is 51.5 Å². The van der Waals surface area contributed by atoms with E-state index in [1.807, 2.05) is 11.3 Å². The average molecular weight is 287 g/mol. The smallest absolute Gasteiger partial charge is 0.0871 e. The number of hydrogen-bond acceptors (Lipinski definition) is 4. The number of aryl methyl sites for hydroxylation is 2. The molecule has 0 bridgehead atoms. The van der Waals surface area contributed by atoms with Crippen LogP contribution < -0.4 is 5.32 Å². The quantitative estimate of drug-likeness (QED) is 0.941. The van der Waals surface area contributed by atoms with Crippen molar-refractivity contribution in [2.75, 3.05) is 26.2 Å². The summed E-state index contributed by atoms with van der Waals surface area (Å²) < 4.78 is 0. The molecule has 1 N–H and O–H groups in total. The number of nitrogens with zero attached hydrogens (tertiary/aromatic N) is 2. The lowest BCUT2D eigenvalue weighted by atomic mass is 10.1. The second-order valence-electron chi connectivity index (χ2n) is 5.34. The van der Waals surface area contributed by atoms with Gasteiger partial charge in [-0.15, -0.1) is 11.3 Å². The van der Waals surface area contributed by atoms with Gasteiger partial charge in [-0.25, -0.2) is 0 Å². The highest BCUT2D eigenvalue weighted by Gasteiger charge is 2.26. The normalized spacial score (nSPS) is 18.1. The first-order chi connectivity index (χ1) is 9.74. The number of pyridine rings is 1. The Morgan fingerprint density at radius 1 is 1.15 bits per heavy atom. The molecule has 2 aromatic heterocycles. The van der Waals surface area contributed by atoms with Crippen molar-refractivity contribution in [3.63, 3.8) is 0 Å². The van der Waals surface area contributed by atoms with E-state index in [9.17, 15) is 0 Å². The predicted molar refractivity (Wildman–Crippen MR) is 84.3 cm³/mol. The number of aromatic nitrogens is 1. The zero-order valence-electron chi connectivity index (χ0n) is 12.1. The van der Waals surface area contributed by atoms with Crippen LogP contribution in [0.2, 0.25) is 0 Å². The summed E-state index contributed by atoms with van der Waals surface area (Å²) in [7, 11) is 0. The minimum atomic E-state index is 0.302. The predicted octanol–water partition coefficient (Wildman–Crippen LogP) is 2.75. The molecule has 2 aromatic rings. The van der Waals surface area contributed by atoms with Crippen LogP contribution in [0.1, 0.15) is 27.2 Å². The minimum Gasteiger partial charge on any atom is -0.314 e. The molecule has 3 nitrogen and oxygen atoms in total. The third kappa shape index (κ3) is 2.92. The van der Waals surface area contributed by atoms with Gasteiger partial charge in [-0.1, -0.05) is 6.07 Å². The van der Waals surface area contributed by atoms with Gasteiger partial charge in [0.1, 0.15) is 0 Å². The van der Waals surface area contributed by atoms with E-state index in [4.69, 9.17) is 4.98 Å². The van der Waals surface area contributed by atoms with Gasteiger partial charge in [0.25, 0.3) is 0 Å². The monoisotopic (exact) mass is 287 g/mol. The molecule has 1 fully saturated rings. The number of thiophene rings is 1. The maximum absolute atomic E-state index is 4.78. The molecule has 20 heavy (non-hydrogen) atoms. The molecule has 106 valence electrons. The lowest BCUT2D eigenvalue weighted by Crippen LogP contribution is -2.45. The fraction of sp³-hybridized carbons (Fsp3) is 0.438. The summed E-state index contributed by atoms with van der Waals surface area (Å²) in [6.45, 7) is 8.53. The van der Waals surface area contributed by atoms with E-state index >= 15 is 0 Å². The highest BCUT2D eigenvalue weighted by Crippen LogP contribution is 2.32. The van der Waals surface area contributed by atoms with Crippen LogP contribution in [0, 0.1) is 13.8 Å². The highest BCUT2D eigenvalue weighted by molar-refractivity contribution is 7.12. The number of piperazine rings is 1. The fourth-order valence-corrected chi connectivity index (χ4v) is 3.80. The van der Waals surface area contributed by atoms with Gasteiger partial charge in [0.15, 0.2) is 0 Å². The van der Waals surface area contributed by atoms with Crippen molar-refractivity contribution < 1.29 is 0 Å². The van der Waals surface area contributed by atoms with Crippen LogP contribution in [0.5, 0.6) is 0 Å². The van der Waals surface area contributed by atoms with Gasteiger partial charge in [-0.3, -0.25) is 9.88 Å². The van der Waals surface area contributed by atoms with Crippen molar-refractivity contribution in [3.8, 4) is 0 Å². The Morgan fingerprint density at radius 3 is 2.60 bits per heavy atom. The SMILES string of the molecule is Cc1cccc(C(c2ccc(C)s2)N2CCNCC2)n1. The highest BCUT2D eigenvalue weighted by atomic mass is 32.1. The summed E-state index contributed by atoms with van der Waals surface area (Å²) in [6, 6.07) is 11.1. The topological polar surface area (TPSA) is 28.2 Å². The second-order valence-corrected chi connectivity index (χ2v) is 6.66. The first-order valence-corrected chi connectivity index (χ1v) is 8.00. The minimum absolute atomic E-state index is 0.302. The van der Waals surface area contributed by atoms with E-state index < -0.39 is 0 Å². The Hall–Kier alpha value is -1.23. The summed E-state index contributed by atoms with van der Waals surface area (Å²) in [6.07, 6.45) is 0. The summed E-state index contributed by atoms with van der Waals surface area (Å²) >= 11 is 1.89. The van der Waals surface area contributed by atoms with Crippen molar-refractivity contribution in [2.45, 2.75) is 19.9 Å². The van der Waals surface area contributed by atoms with Crippen molar-refractivity contribution in [1.82, 2.24) is 15.2 Å². The summed E-state index contributed by atoms with van der Waals surface area (Å²) in [5.41, 5.74) is 2.27. The molecule has 0 amide bonds. The van der Waals surface area contributed by atoms with Crippen LogP contribution in [0.25, 0.3) is 0 Å². The standard InChI is InChI=1S/C16H21N3S/c1-12-4-3-5-14(18-12)16(15-7-6-13(2)20-15)19-10-8-17-9-11-19/h3-7,16-17H,8-11H2,1-2H3. The van der Waals surface area contributed by atoms with Gasteiger partial charge in [0.05, 0.1) is 11.7 Å². The molecule has 1 aliphatic rings. The lowest BCUT2D eigenvalue weighted by molar-refractivity contribution is 0.197. The summed E-state index contributed by atoms with van der Waals surface area (Å²) in [4.78, 5) is 10.1. The number of nitrogens with one attached hydrogen (secondary N) is 1. The van der Waals surface area contributed by atoms with Crippen LogP contribution in [0.3, 0.4) is 0 Å². The molecule has 3 heterocycles. The van der Waals surface area contributed by atoms with Crippen molar-refractivity contribution in [1.29, 1.82) is 0 Å². The Morgan fingerprint density at radius 2 is 1.95 bits per heavy atom. The molecule has 1 saturated heterocycles. The second kappa shape index (κ2) is 6.04. The van der Waals surface area contributed by atoms with Gasteiger partial charge in [0.2, 0.25) is 0 Å². The molecule has 0 radical (unpaired) electrons. The van der Waals surface area contributed by atoms with Gasteiger partial charge in [-0.2, -0.15) is 0 Å². The van der Waals surface area contributed by atoms with Gasteiger partial charge >= 0.3 is 0 Å². The summed E-state index contributed by atoms with van der Waals surface area (Å²) in [5.74, 6) is 0.